The lowest BCUT2D eigenvalue weighted by Gasteiger charge is -2.11. The van der Waals surface area contributed by atoms with Crippen molar-refractivity contribution in [2.75, 3.05) is 0 Å². The molecule has 0 bridgehead atoms. The number of hydrogen-bond donors (Lipinski definition) is 2. The Bertz CT molecular complexity index is 1050. The van der Waals surface area contributed by atoms with Gasteiger partial charge in [-0.25, -0.2) is 4.68 Å². The first kappa shape index (κ1) is 20.8. The molecule has 1 fully saturated rings. The number of rotatable bonds is 5. The highest BCUT2D eigenvalue weighted by Crippen LogP contribution is 2.59. The van der Waals surface area contributed by atoms with Gasteiger partial charge >= 0.3 is 0 Å². The largest absolute Gasteiger partial charge is 0.290 e. The number of carbonyl (C=O) groups is 2. The van der Waals surface area contributed by atoms with Gasteiger partial charge in [0.25, 0.3) is 11.5 Å². The highest BCUT2D eigenvalue weighted by atomic mass is 16.2. The molecule has 7 nitrogen and oxygen atoms in total. The lowest BCUT2D eigenvalue weighted by atomic mass is 10.1. The fourth-order valence-electron chi connectivity index (χ4n) is 3.87. The zero-order valence-corrected chi connectivity index (χ0v) is 17.6. The Hall–Kier alpha value is -2.96. The van der Waals surface area contributed by atoms with Gasteiger partial charge in [-0.05, 0) is 37.7 Å². The molecule has 0 radical (unpaired) electrons. The summed E-state index contributed by atoms with van der Waals surface area (Å²) in [7, 11) is 0. The smallest absolute Gasteiger partial charge is 0.273 e. The Balaban J connectivity index is 1.81. The molecule has 1 aromatic heterocycles. The summed E-state index contributed by atoms with van der Waals surface area (Å²) < 4.78 is 1.30. The maximum atomic E-state index is 12.8. The summed E-state index contributed by atoms with van der Waals surface area (Å²) in [5.41, 5.74) is 5.92. The summed E-state index contributed by atoms with van der Waals surface area (Å²) in [6, 6.07) is 6.87. The average Bonchev–Trinajstić information content (AvgIpc) is 3.21. The normalized spacial score (nSPS) is 19.5. The molecule has 29 heavy (non-hydrogen) atoms. The summed E-state index contributed by atoms with van der Waals surface area (Å²) in [6.07, 6.45) is 2.81. The van der Waals surface area contributed by atoms with E-state index in [0.717, 1.165) is 5.57 Å². The number of carbonyl (C=O) groups excluding carboxylic acids is 2. The third kappa shape index (κ3) is 3.95. The zero-order chi connectivity index (χ0) is 21.3. The lowest BCUT2D eigenvalue weighted by molar-refractivity contribution is -0.123. The van der Waals surface area contributed by atoms with E-state index in [4.69, 9.17) is 0 Å². The van der Waals surface area contributed by atoms with Gasteiger partial charge in [0.15, 0.2) is 5.69 Å². The first-order valence-corrected chi connectivity index (χ1v) is 9.93. The predicted molar refractivity (Wildman–Crippen MR) is 112 cm³/mol. The van der Waals surface area contributed by atoms with Crippen LogP contribution in [0.2, 0.25) is 0 Å². The Labute approximate surface area is 170 Å². The van der Waals surface area contributed by atoms with Crippen molar-refractivity contribution in [3.05, 3.63) is 52.0 Å². The minimum atomic E-state index is -0.545. The van der Waals surface area contributed by atoms with Crippen LogP contribution in [0.5, 0.6) is 0 Å². The molecule has 3 rings (SSSR count). The number of allylic oxidation sites excluding steroid dienone is 2. The van der Waals surface area contributed by atoms with Gasteiger partial charge in [0, 0.05) is 11.9 Å². The third-order valence-corrected chi connectivity index (χ3v) is 5.52. The summed E-state index contributed by atoms with van der Waals surface area (Å²) in [6.45, 7) is 10.4. The molecule has 0 spiro atoms. The molecule has 0 saturated heterocycles. The van der Waals surface area contributed by atoms with Crippen LogP contribution in [0.15, 0.2) is 40.7 Å². The Morgan fingerprint density at radius 2 is 1.83 bits per heavy atom. The van der Waals surface area contributed by atoms with E-state index in [-0.39, 0.29) is 34.4 Å². The van der Waals surface area contributed by atoms with Crippen molar-refractivity contribution in [2.45, 2.75) is 47.6 Å². The maximum Gasteiger partial charge on any atom is 0.290 e. The number of amides is 2. The van der Waals surface area contributed by atoms with Crippen molar-refractivity contribution in [1.29, 1.82) is 0 Å². The van der Waals surface area contributed by atoms with Crippen LogP contribution in [0.4, 0.5) is 0 Å². The number of nitrogens with zero attached hydrogens (tertiary/aromatic N) is 2. The second kappa shape index (κ2) is 7.81. The number of aryl methyl sites for hydroxylation is 1. The fraction of sp³-hybridized carbons (Fsp3) is 0.455. The van der Waals surface area contributed by atoms with Gasteiger partial charge in [-0.1, -0.05) is 50.6 Å². The molecular formula is C22H28N4O3. The minimum absolute atomic E-state index is 0.116. The monoisotopic (exact) mass is 396 g/mol. The van der Waals surface area contributed by atoms with Crippen molar-refractivity contribution < 1.29 is 9.59 Å². The Morgan fingerprint density at radius 1 is 1.17 bits per heavy atom. The van der Waals surface area contributed by atoms with E-state index >= 15 is 0 Å². The van der Waals surface area contributed by atoms with Crippen LogP contribution in [0.25, 0.3) is 10.8 Å². The molecule has 2 unspecified atom stereocenters. The van der Waals surface area contributed by atoms with Gasteiger partial charge in [0.05, 0.1) is 11.3 Å². The van der Waals surface area contributed by atoms with Gasteiger partial charge in [0.2, 0.25) is 5.91 Å². The van der Waals surface area contributed by atoms with Crippen molar-refractivity contribution in [1.82, 2.24) is 20.6 Å². The molecule has 1 saturated carbocycles. The number of benzene rings is 1. The molecule has 2 atom stereocenters. The first-order chi connectivity index (χ1) is 13.7. The predicted octanol–water partition coefficient (Wildman–Crippen LogP) is 2.81. The second-order valence-corrected chi connectivity index (χ2v) is 8.43. The molecule has 1 heterocycles. The van der Waals surface area contributed by atoms with Crippen LogP contribution in [0.3, 0.4) is 0 Å². The molecule has 0 aliphatic heterocycles. The molecule has 1 aliphatic rings. The molecule has 1 aliphatic carbocycles. The number of aromatic nitrogens is 2. The number of fused-ring (bicyclic) bond motifs is 1. The quantitative estimate of drug-likeness (QED) is 0.600. The summed E-state index contributed by atoms with van der Waals surface area (Å²) in [5.74, 6) is -0.820. The molecule has 2 N–H and O–H groups in total. The van der Waals surface area contributed by atoms with Crippen molar-refractivity contribution in [2.24, 2.45) is 17.3 Å². The van der Waals surface area contributed by atoms with E-state index in [2.05, 4.69) is 22.0 Å². The minimum Gasteiger partial charge on any atom is -0.273 e. The molecule has 2 amide bonds. The summed E-state index contributed by atoms with van der Waals surface area (Å²) in [5, 5.41) is 5.14. The van der Waals surface area contributed by atoms with Crippen molar-refractivity contribution in [3.63, 3.8) is 0 Å². The first-order valence-electron chi connectivity index (χ1n) is 9.93. The van der Waals surface area contributed by atoms with Gasteiger partial charge in [-0.2, -0.15) is 5.10 Å². The standard InChI is InChI=1S/C22H28N4O3/c1-6-11-26-21(29)15-10-8-7-9-14(15)18(25-26)20(28)24-23-19(27)17-16(12-13(2)3)22(17,4)5/h7-10,12,16-17H,6,11H2,1-5H3,(H,23,27)(H,24,28). The van der Waals surface area contributed by atoms with Crippen LogP contribution in [0, 0.1) is 17.3 Å². The van der Waals surface area contributed by atoms with Crippen LogP contribution in [-0.2, 0) is 11.3 Å². The van der Waals surface area contributed by atoms with Crippen LogP contribution < -0.4 is 16.4 Å². The van der Waals surface area contributed by atoms with E-state index in [0.29, 0.717) is 23.7 Å². The second-order valence-electron chi connectivity index (χ2n) is 8.43. The molecular weight excluding hydrogens is 368 g/mol. The highest BCUT2D eigenvalue weighted by molar-refractivity contribution is 6.05. The van der Waals surface area contributed by atoms with Crippen LogP contribution in [0.1, 0.15) is 51.5 Å². The number of nitrogens with one attached hydrogen (secondary N) is 2. The van der Waals surface area contributed by atoms with E-state index in [1.54, 1.807) is 24.3 Å². The maximum absolute atomic E-state index is 12.8. The molecule has 154 valence electrons. The molecule has 7 heteroatoms. The van der Waals surface area contributed by atoms with E-state index < -0.39 is 5.91 Å². The molecule has 1 aromatic carbocycles. The molecule has 2 aromatic rings. The third-order valence-electron chi connectivity index (χ3n) is 5.52. The van der Waals surface area contributed by atoms with Gasteiger partial charge < -0.3 is 0 Å². The van der Waals surface area contributed by atoms with Crippen LogP contribution in [-0.4, -0.2) is 21.6 Å². The topological polar surface area (TPSA) is 93.1 Å². The van der Waals surface area contributed by atoms with Crippen molar-refractivity contribution in [3.8, 4) is 0 Å². The van der Waals surface area contributed by atoms with Crippen molar-refractivity contribution >= 4 is 22.6 Å². The van der Waals surface area contributed by atoms with Gasteiger partial charge in [-0.15, -0.1) is 0 Å². The Kier molecular flexibility index (Phi) is 5.59. The average molecular weight is 396 g/mol. The zero-order valence-electron chi connectivity index (χ0n) is 17.6. The number of hydrogen-bond acceptors (Lipinski definition) is 4. The van der Waals surface area contributed by atoms with E-state index in [1.807, 2.05) is 34.6 Å². The van der Waals surface area contributed by atoms with Gasteiger partial charge in [0.1, 0.15) is 0 Å². The number of hydrazine groups is 1. The SMILES string of the molecule is CCCn1nc(C(=O)NNC(=O)C2C(C=C(C)C)C2(C)C)c2ccccc2c1=O. The summed E-state index contributed by atoms with van der Waals surface area (Å²) >= 11 is 0. The lowest BCUT2D eigenvalue weighted by Crippen LogP contribution is -2.44. The van der Waals surface area contributed by atoms with E-state index in [9.17, 15) is 14.4 Å². The highest BCUT2D eigenvalue weighted by Gasteiger charge is 2.60. The van der Waals surface area contributed by atoms with Crippen LogP contribution >= 0.6 is 0 Å². The van der Waals surface area contributed by atoms with Gasteiger partial charge in [-0.3, -0.25) is 25.2 Å². The fourth-order valence-corrected chi connectivity index (χ4v) is 3.87. The van der Waals surface area contributed by atoms with E-state index in [1.165, 1.54) is 4.68 Å². The Morgan fingerprint density at radius 3 is 2.45 bits per heavy atom. The summed E-state index contributed by atoms with van der Waals surface area (Å²) in [4.78, 5) is 37.9.